The molecule has 0 N–H and O–H groups in total. The van der Waals surface area contributed by atoms with Crippen LogP contribution in [0.4, 0.5) is 5.69 Å². The second-order valence-corrected chi connectivity index (χ2v) is 5.21. The number of hydrogen-bond acceptors (Lipinski definition) is 4. The van der Waals surface area contributed by atoms with E-state index >= 15 is 0 Å². The third-order valence-electron chi connectivity index (χ3n) is 3.05. The van der Waals surface area contributed by atoms with Gasteiger partial charge in [0.2, 0.25) is 0 Å². The second-order valence-electron chi connectivity index (χ2n) is 4.29. The van der Waals surface area contributed by atoms with Crippen molar-refractivity contribution in [3.8, 4) is 11.3 Å². The summed E-state index contributed by atoms with van der Waals surface area (Å²) < 4.78 is 2.27. The standard InChI is InChI=1S/C13H9BrN4O2/c1-17-13-8(6-16-17)3-2-4-10(13)12-11(18(19)20)5-9(14)7-15-12/h2-7H,1H3. The molecule has 0 aliphatic heterocycles. The van der Waals surface area contributed by atoms with Crippen molar-refractivity contribution in [3.05, 3.63) is 51.2 Å². The van der Waals surface area contributed by atoms with Gasteiger partial charge in [0.1, 0.15) is 5.69 Å². The summed E-state index contributed by atoms with van der Waals surface area (Å²) in [6, 6.07) is 7.02. The molecule has 3 rings (SSSR count). The Labute approximate surface area is 122 Å². The second kappa shape index (κ2) is 4.68. The first kappa shape index (κ1) is 12.7. The lowest BCUT2D eigenvalue weighted by Gasteiger charge is -2.06. The normalized spacial score (nSPS) is 10.9. The van der Waals surface area contributed by atoms with E-state index in [0.29, 0.717) is 15.7 Å². The predicted octanol–water partition coefficient (Wildman–Crippen LogP) is 3.31. The zero-order valence-electron chi connectivity index (χ0n) is 10.4. The van der Waals surface area contributed by atoms with Gasteiger partial charge in [-0.3, -0.25) is 14.8 Å². The van der Waals surface area contributed by atoms with E-state index in [2.05, 4.69) is 26.0 Å². The minimum Gasteiger partial charge on any atom is -0.267 e. The third-order valence-corrected chi connectivity index (χ3v) is 3.48. The Morgan fingerprint density at radius 1 is 1.35 bits per heavy atom. The number of halogens is 1. The number of fused-ring (bicyclic) bond motifs is 1. The Morgan fingerprint density at radius 3 is 2.90 bits per heavy atom. The Hall–Kier alpha value is -2.28. The fourth-order valence-corrected chi connectivity index (χ4v) is 2.52. The van der Waals surface area contributed by atoms with Crippen molar-refractivity contribution in [3.63, 3.8) is 0 Å². The third kappa shape index (κ3) is 1.96. The highest BCUT2D eigenvalue weighted by molar-refractivity contribution is 9.10. The molecule has 20 heavy (non-hydrogen) atoms. The number of nitrogens with zero attached hydrogens (tertiary/aromatic N) is 4. The molecule has 0 aliphatic rings. The maximum absolute atomic E-state index is 11.2. The van der Waals surface area contributed by atoms with Crippen LogP contribution in [-0.2, 0) is 7.05 Å². The number of rotatable bonds is 2. The highest BCUT2D eigenvalue weighted by Gasteiger charge is 2.20. The summed E-state index contributed by atoms with van der Waals surface area (Å²) in [5.41, 5.74) is 1.83. The average Bonchev–Trinajstić information content (AvgIpc) is 2.81. The van der Waals surface area contributed by atoms with Crippen molar-refractivity contribution >= 4 is 32.5 Å². The first-order chi connectivity index (χ1) is 9.58. The topological polar surface area (TPSA) is 73.8 Å². The summed E-state index contributed by atoms with van der Waals surface area (Å²) >= 11 is 3.21. The summed E-state index contributed by atoms with van der Waals surface area (Å²) in [5, 5.41) is 16.3. The molecular weight excluding hydrogens is 324 g/mol. The minimum absolute atomic E-state index is 0.0342. The van der Waals surface area contributed by atoms with Crippen molar-refractivity contribution < 1.29 is 4.92 Å². The van der Waals surface area contributed by atoms with Gasteiger partial charge >= 0.3 is 0 Å². The van der Waals surface area contributed by atoms with Gasteiger partial charge in [0.05, 0.1) is 16.6 Å². The van der Waals surface area contributed by atoms with Gasteiger partial charge in [-0.1, -0.05) is 18.2 Å². The molecule has 0 saturated carbocycles. The van der Waals surface area contributed by atoms with E-state index in [1.54, 1.807) is 24.1 Å². The Balaban J connectivity index is 2.36. The van der Waals surface area contributed by atoms with E-state index in [1.165, 1.54) is 6.07 Å². The molecule has 0 aliphatic carbocycles. The van der Waals surface area contributed by atoms with E-state index < -0.39 is 4.92 Å². The van der Waals surface area contributed by atoms with Crippen LogP contribution in [0.25, 0.3) is 22.2 Å². The van der Waals surface area contributed by atoms with Gasteiger partial charge in [-0.15, -0.1) is 0 Å². The molecule has 1 aromatic carbocycles. The van der Waals surface area contributed by atoms with Gasteiger partial charge in [0, 0.05) is 34.7 Å². The summed E-state index contributed by atoms with van der Waals surface area (Å²) in [7, 11) is 1.80. The smallest absolute Gasteiger partial charge is 0.267 e. The molecule has 0 amide bonds. The summed E-state index contributed by atoms with van der Waals surface area (Å²) in [5.74, 6) is 0. The van der Waals surface area contributed by atoms with Crippen LogP contribution in [-0.4, -0.2) is 19.7 Å². The molecule has 7 heteroatoms. The van der Waals surface area contributed by atoms with E-state index in [-0.39, 0.29) is 5.69 Å². The first-order valence-electron chi connectivity index (χ1n) is 5.79. The molecule has 100 valence electrons. The number of aryl methyl sites for hydroxylation is 1. The molecule has 2 heterocycles. The zero-order valence-corrected chi connectivity index (χ0v) is 12.0. The average molecular weight is 333 g/mol. The fourth-order valence-electron chi connectivity index (χ4n) is 2.20. The number of aromatic nitrogens is 3. The van der Waals surface area contributed by atoms with Gasteiger partial charge < -0.3 is 0 Å². The van der Waals surface area contributed by atoms with Crippen molar-refractivity contribution in [2.75, 3.05) is 0 Å². The molecule has 0 saturated heterocycles. The van der Waals surface area contributed by atoms with Gasteiger partial charge in [-0.25, -0.2) is 4.98 Å². The van der Waals surface area contributed by atoms with Crippen molar-refractivity contribution in [1.82, 2.24) is 14.8 Å². The van der Waals surface area contributed by atoms with Crippen LogP contribution in [0.2, 0.25) is 0 Å². The lowest BCUT2D eigenvalue weighted by Crippen LogP contribution is -1.97. The molecule has 2 aromatic heterocycles. The van der Waals surface area contributed by atoms with Crippen molar-refractivity contribution in [2.45, 2.75) is 0 Å². The summed E-state index contributed by atoms with van der Waals surface area (Å²) in [6.07, 6.45) is 3.28. The van der Waals surface area contributed by atoms with Crippen LogP contribution in [0.3, 0.4) is 0 Å². The molecule has 0 spiro atoms. The lowest BCUT2D eigenvalue weighted by molar-refractivity contribution is -0.384. The monoisotopic (exact) mass is 332 g/mol. The van der Waals surface area contributed by atoms with E-state index in [4.69, 9.17) is 0 Å². The quantitative estimate of drug-likeness (QED) is 0.533. The number of benzene rings is 1. The Kier molecular flexibility index (Phi) is 2.98. The fraction of sp³-hybridized carbons (Fsp3) is 0.0769. The number of para-hydroxylation sites is 1. The maximum atomic E-state index is 11.2. The number of nitro groups is 1. The molecule has 0 radical (unpaired) electrons. The van der Waals surface area contributed by atoms with Crippen LogP contribution in [0.5, 0.6) is 0 Å². The zero-order chi connectivity index (χ0) is 14.3. The van der Waals surface area contributed by atoms with Gasteiger partial charge in [0.25, 0.3) is 5.69 Å². The Bertz CT molecular complexity index is 828. The van der Waals surface area contributed by atoms with Crippen molar-refractivity contribution in [1.29, 1.82) is 0 Å². The molecular formula is C13H9BrN4O2. The first-order valence-corrected chi connectivity index (χ1v) is 6.58. The van der Waals surface area contributed by atoms with Crippen molar-refractivity contribution in [2.24, 2.45) is 7.05 Å². The Morgan fingerprint density at radius 2 is 2.15 bits per heavy atom. The van der Waals surface area contributed by atoms with Gasteiger partial charge in [0.15, 0.2) is 0 Å². The van der Waals surface area contributed by atoms with Crippen LogP contribution < -0.4 is 0 Å². The molecule has 0 atom stereocenters. The van der Waals surface area contributed by atoms with Crippen LogP contribution >= 0.6 is 15.9 Å². The van der Waals surface area contributed by atoms with E-state index in [1.807, 2.05) is 18.2 Å². The van der Waals surface area contributed by atoms with Crippen LogP contribution in [0.15, 0.2) is 41.1 Å². The molecule has 0 bridgehead atoms. The molecule has 3 aromatic rings. The largest absolute Gasteiger partial charge is 0.296 e. The predicted molar refractivity (Wildman–Crippen MR) is 78.3 cm³/mol. The summed E-state index contributed by atoms with van der Waals surface area (Å²) in [6.45, 7) is 0. The highest BCUT2D eigenvalue weighted by atomic mass is 79.9. The number of hydrogen-bond donors (Lipinski definition) is 0. The summed E-state index contributed by atoms with van der Waals surface area (Å²) in [4.78, 5) is 15.0. The number of pyridine rings is 1. The highest BCUT2D eigenvalue weighted by Crippen LogP contribution is 2.34. The van der Waals surface area contributed by atoms with Crippen LogP contribution in [0.1, 0.15) is 0 Å². The maximum Gasteiger partial charge on any atom is 0.296 e. The minimum atomic E-state index is -0.428. The molecule has 0 unspecified atom stereocenters. The molecule has 0 fully saturated rings. The van der Waals surface area contributed by atoms with E-state index in [0.717, 1.165) is 10.9 Å². The van der Waals surface area contributed by atoms with Gasteiger partial charge in [-0.05, 0) is 15.9 Å². The lowest BCUT2D eigenvalue weighted by atomic mass is 10.1. The molecule has 6 nitrogen and oxygen atoms in total. The van der Waals surface area contributed by atoms with Gasteiger partial charge in [-0.2, -0.15) is 5.10 Å². The van der Waals surface area contributed by atoms with Crippen LogP contribution in [0, 0.1) is 10.1 Å². The SMILES string of the molecule is Cn1ncc2cccc(-c3ncc(Br)cc3[N+](=O)[O-])c21. The van der Waals surface area contributed by atoms with E-state index in [9.17, 15) is 10.1 Å².